The molecule has 4 aliphatic rings. The molecule has 4 fully saturated rings. The molecule has 120 valence electrons. The van der Waals surface area contributed by atoms with E-state index in [2.05, 4.69) is 4.90 Å². The minimum absolute atomic E-state index is 0.0527. The highest BCUT2D eigenvalue weighted by Gasteiger charge is 2.54. The summed E-state index contributed by atoms with van der Waals surface area (Å²) in [6, 6.07) is 3.86. The Kier molecular flexibility index (Phi) is 3.52. The first kappa shape index (κ1) is 14.3. The lowest BCUT2D eigenvalue weighted by atomic mass is 9.52. The van der Waals surface area contributed by atoms with Gasteiger partial charge in [-0.2, -0.15) is 0 Å². The molecule has 1 aromatic heterocycles. The summed E-state index contributed by atoms with van der Waals surface area (Å²) < 4.78 is 10.7. The highest BCUT2D eigenvalue weighted by atomic mass is 16.5. The van der Waals surface area contributed by atoms with E-state index >= 15 is 0 Å². The van der Waals surface area contributed by atoms with Gasteiger partial charge in [-0.25, -0.2) is 0 Å². The van der Waals surface area contributed by atoms with Gasteiger partial charge < -0.3 is 14.1 Å². The normalized spacial score (nSPS) is 35.8. The van der Waals surface area contributed by atoms with Crippen LogP contribution in [0.4, 0.5) is 0 Å². The number of methoxy groups -OCH3 is 1. The molecule has 1 aromatic rings. The molecule has 0 saturated heterocycles. The number of rotatable bonds is 5. The first-order valence-electron chi connectivity index (χ1n) is 8.50. The number of carbonyl (C=O) groups excluding carboxylic acids is 1. The van der Waals surface area contributed by atoms with Crippen molar-refractivity contribution in [2.45, 2.75) is 50.6 Å². The predicted octanol–water partition coefficient (Wildman–Crippen LogP) is 3.22. The second-order valence-corrected chi connectivity index (χ2v) is 7.63. The minimum atomic E-state index is 0.0527. The molecule has 5 rings (SSSR count). The third kappa shape index (κ3) is 2.37. The van der Waals surface area contributed by atoms with Gasteiger partial charge >= 0.3 is 0 Å². The zero-order chi connectivity index (χ0) is 15.2. The van der Waals surface area contributed by atoms with Crippen molar-refractivity contribution in [3.63, 3.8) is 0 Å². The van der Waals surface area contributed by atoms with E-state index in [4.69, 9.17) is 9.15 Å². The van der Waals surface area contributed by atoms with Crippen LogP contribution in [0.2, 0.25) is 0 Å². The first-order chi connectivity index (χ1) is 10.7. The number of hydrogen-bond acceptors (Lipinski definition) is 3. The van der Waals surface area contributed by atoms with Crippen molar-refractivity contribution in [1.29, 1.82) is 0 Å². The molecule has 0 aliphatic heterocycles. The molecule has 0 atom stereocenters. The Bertz CT molecular complexity index is 501. The van der Waals surface area contributed by atoms with Crippen molar-refractivity contribution in [1.82, 2.24) is 4.90 Å². The molecule has 4 bridgehead atoms. The Balaban J connectivity index is 1.63. The molecule has 0 unspecified atom stereocenters. The summed E-state index contributed by atoms with van der Waals surface area (Å²) in [6.07, 6.45) is 9.36. The smallest absolute Gasteiger partial charge is 0.249 e. The largest absolute Gasteiger partial charge is 0.467 e. The van der Waals surface area contributed by atoms with Gasteiger partial charge in [0.05, 0.1) is 12.8 Å². The van der Waals surface area contributed by atoms with E-state index in [-0.39, 0.29) is 18.1 Å². The maximum Gasteiger partial charge on any atom is 0.249 e. The fourth-order valence-electron chi connectivity index (χ4n) is 5.68. The molecule has 4 aliphatic carbocycles. The van der Waals surface area contributed by atoms with Crippen LogP contribution in [0.25, 0.3) is 0 Å². The minimum Gasteiger partial charge on any atom is -0.467 e. The van der Waals surface area contributed by atoms with Gasteiger partial charge in [0.15, 0.2) is 0 Å². The van der Waals surface area contributed by atoms with Gasteiger partial charge in [0.25, 0.3) is 0 Å². The monoisotopic (exact) mass is 303 g/mol. The molecule has 4 heteroatoms. The van der Waals surface area contributed by atoms with Crippen molar-refractivity contribution >= 4 is 5.91 Å². The number of ether oxygens (including phenoxy) is 1. The number of nitrogens with zero attached hydrogens (tertiary/aromatic N) is 1. The van der Waals surface area contributed by atoms with E-state index in [1.807, 2.05) is 12.1 Å². The summed E-state index contributed by atoms with van der Waals surface area (Å²) in [5, 5.41) is 0. The van der Waals surface area contributed by atoms with Gasteiger partial charge in [0.2, 0.25) is 5.91 Å². The summed E-state index contributed by atoms with van der Waals surface area (Å²) in [7, 11) is 1.60. The molecule has 1 heterocycles. The van der Waals surface area contributed by atoms with Crippen LogP contribution in [0.15, 0.2) is 22.8 Å². The highest BCUT2D eigenvalue weighted by Crippen LogP contribution is 2.58. The van der Waals surface area contributed by atoms with Crippen molar-refractivity contribution < 1.29 is 13.9 Å². The van der Waals surface area contributed by atoms with Gasteiger partial charge in [-0.3, -0.25) is 4.79 Å². The second-order valence-electron chi connectivity index (χ2n) is 7.63. The zero-order valence-electron chi connectivity index (χ0n) is 13.3. The van der Waals surface area contributed by atoms with E-state index in [1.165, 1.54) is 38.5 Å². The quantitative estimate of drug-likeness (QED) is 0.839. The van der Waals surface area contributed by atoms with E-state index in [0.717, 1.165) is 23.5 Å². The van der Waals surface area contributed by atoms with Gasteiger partial charge in [0, 0.05) is 12.6 Å². The summed E-state index contributed by atoms with van der Waals surface area (Å²) in [6.45, 7) is 0.754. The molecule has 22 heavy (non-hydrogen) atoms. The molecule has 0 N–H and O–H groups in total. The summed E-state index contributed by atoms with van der Waals surface area (Å²) in [5.41, 5.74) is 0.0527. The topological polar surface area (TPSA) is 42.7 Å². The maximum atomic E-state index is 12.7. The van der Waals surface area contributed by atoms with Crippen LogP contribution in [-0.2, 0) is 16.1 Å². The fraction of sp³-hybridized carbons (Fsp3) is 0.722. The number of carbonyl (C=O) groups is 1. The van der Waals surface area contributed by atoms with E-state index in [9.17, 15) is 4.79 Å². The van der Waals surface area contributed by atoms with E-state index in [0.29, 0.717) is 6.54 Å². The van der Waals surface area contributed by atoms with Gasteiger partial charge in [0.1, 0.15) is 12.4 Å². The molecular formula is C18H25NO3. The Morgan fingerprint density at radius 3 is 2.41 bits per heavy atom. The maximum absolute atomic E-state index is 12.7. The Morgan fingerprint density at radius 1 is 1.27 bits per heavy atom. The van der Waals surface area contributed by atoms with Crippen LogP contribution < -0.4 is 0 Å². The Morgan fingerprint density at radius 2 is 1.91 bits per heavy atom. The first-order valence-corrected chi connectivity index (χ1v) is 8.50. The van der Waals surface area contributed by atoms with Crippen molar-refractivity contribution in [2.75, 3.05) is 13.7 Å². The molecule has 0 radical (unpaired) electrons. The van der Waals surface area contributed by atoms with Crippen molar-refractivity contribution in [3.8, 4) is 0 Å². The van der Waals surface area contributed by atoms with Crippen LogP contribution in [0.1, 0.15) is 44.3 Å². The highest BCUT2D eigenvalue weighted by molar-refractivity contribution is 5.78. The van der Waals surface area contributed by atoms with Gasteiger partial charge in [-0.1, -0.05) is 0 Å². The molecule has 4 nitrogen and oxygen atoms in total. The Hall–Kier alpha value is -1.29. The summed E-state index contributed by atoms with van der Waals surface area (Å²) in [4.78, 5) is 14.8. The van der Waals surface area contributed by atoms with Gasteiger partial charge in [-0.05, 0) is 68.4 Å². The number of amides is 1. The van der Waals surface area contributed by atoms with Crippen LogP contribution in [0.5, 0.6) is 0 Å². The van der Waals surface area contributed by atoms with Crippen LogP contribution in [0, 0.1) is 17.8 Å². The summed E-state index contributed by atoms with van der Waals surface area (Å²) in [5.74, 6) is 3.45. The molecular weight excluding hydrogens is 278 g/mol. The molecule has 4 saturated carbocycles. The van der Waals surface area contributed by atoms with E-state index in [1.54, 1.807) is 13.4 Å². The van der Waals surface area contributed by atoms with Crippen LogP contribution >= 0.6 is 0 Å². The van der Waals surface area contributed by atoms with Crippen LogP contribution in [0.3, 0.4) is 0 Å². The average Bonchev–Trinajstić information content (AvgIpc) is 2.96. The number of hydrogen-bond donors (Lipinski definition) is 0. The SMILES string of the molecule is COCC(=O)N(Cc1ccco1)C12CC3CC(CC(C3)C1)C2. The molecule has 0 aromatic carbocycles. The van der Waals surface area contributed by atoms with Crippen LogP contribution in [-0.4, -0.2) is 30.1 Å². The Labute approximate surface area is 131 Å². The standard InChI is InChI=1S/C18H25NO3/c1-21-12-17(20)19(11-16-3-2-4-22-16)18-8-13-5-14(9-18)7-15(6-13)10-18/h2-4,13-15H,5-12H2,1H3. The lowest BCUT2D eigenvalue weighted by molar-refractivity contribution is -0.156. The molecule has 0 spiro atoms. The lowest BCUT2D eigenvalue weighted by Gasteiger charge is -2.60. The van der Waals surface area contributed by atoms with Crippen molar-refractivity contribution in [2.24, 2.45) is 17.8 Å². The van der Waals surface area contributed by atoms with E-state index < -0.39 is 0 Å². The summed E-state index contributed by atoms with van der Waals surface area (Å²) >= 11 is 0. The van der Waals surface area contributed by atoms with Crippen molar-refractivity contribution in [3.05, 3.63) is 24.2 Å². The average molecular weight is 303 g/mol. The lowest BCUT2D eigenvalue weighted by Crippen LogP contribution is -2.61. The fourth-order valence-corrected chi connectivity index (χ4v) is 5.68. The zero-order valence-corrected chi connectivity index (χ0v) is 13.3. The third-order valence-electron chi connectivity index (χ3n) is 6.04. The molecule has 1 amide bonds. The second kappa shape index (κ2) is 5.41. The number of furan rings is 1. The van der Waals surface area contributed by atoms with Gasteiger partial charge in [-0.15, -0.1) is 0 Å². The third-order valence-corrected chi connectivity index (χ3v) is 6.04. The predicted molar refractivity (Wildman–Crippen MR) is 82.0 cm³/mol.